The Labute approximate surface area is 442 Å². The minimum absolute atomic E-state index is 0.182. The van der Waals surface area contributed by atoms with Crippen LogP contribution in [0, 0.1) is 23.3 Å². The van der Waals surface area contributed by atoms with Gasteiger partial charge >= 0.3 is 12.2 Å². The molecule has 4 rings (SSSR count). The molecule has 0 aliphatic rings. The Kier molecular flexibility index (Phi) is 27.2. The molecule has 2 atom stereocenters. The maximum Gasteiger partial charge on any atom is 0.407 e. The van der Waals surface area contributed by atoms with Gasteiger partial charge in [0.15, 0.2) is 0 Å². The quantitative estimate of drug-likeness (QED) is 0.0316. The maximum atomic E-state index is 12.7. The first-order chi connectivity index (χ1) is 34.1. The van der Waals surface area contributed by atoms with Crippen LogP contribution in [0.3, 0.4) is 0 Å². The number of benzene rings is 2. The van der Waals surface area contributed by atoms with Gasteiger partial charge in [0.25, 0.3) is 0 Å². The number of rotatable bonds is 18. The van der Waals surface area contributed by atoms with Crippen LogP contribution >= 0.6 is 30.7 Å². The molecule has 73 heavy (non-hydrogen) atoms. The van der Waals surface area contributed by atoms with E-state index in [1.54, 1.807) is 38.1 Å². The number of pyridine rings is 2. The van der Waals surface area contributed by atoms with E-state index in [4.69, 9.17) is 33.1 Å². The van der Waals surface area contributed by atoms with Gasteiger partial charge < -0.3 is 48.8 Å². The first kappa shape index (κ1) is 64.1. The molecule has 2 amide bonds. The number of carbonyl (C=O) groups is 2. The summed E-state index contributed by atoms with van der Waals surface area (Å²) in [6.45, 7) is 26.4. The zero-order chi connectivity index (χ0) is 54.9. The van der Waals surface area contributed by atoms with E-state index in [9.17, 15) is 23.8 Å². The van der Waals surface area contributed by atoms with Crippen molar-refractivity contribution in [2.45, 2.75) is 112 Å². The number of aromatic nitrogens is 2. The lowest BCUT2D eigenvalue weighted by Crippen LogP contribution is -2.33. The van der Waals surface area contributed by atoms with Crippen molar-refractivity contribution in [1.29, 1.82) is 0 Å². The van der Waals surface area contributed by atoms with Crippen LogP contribution in [-0.4, -0.2) is 104 Å². The largest absolute Gasteiger partial charge is 0.494 e. The molecule has 0 bridgehead atoms. The zero-order valence-electron chi connectivity index (χ0n) is 44.6. The molecule has 0 saturated heterocycles. The number of hydrogen-bond acceptors (Lipinski definition) is 14. The van der Waals surface area contributed by atoms with E-state index in [0.717, 1.165) is 27.8 Å². The zero-order valence-corrected chi connectivity index (χ0v) is 49.0. The van der Waals surface area contributed by atoms with Crippen LogP contribution in [0.1, 0.15) is 96.3 Å². The molecule has 2 unspecified atom stereocenters. The normalized spacial score (nSPS) is 12.7. The van der Waals surface area contributed by atoms with Crippen LogP contribution in [0.25, 0.3) is 0 Å². The summed E-state index contributed by atoms with van der Waals surface area (Å²) in [6, 6.07) is 21.7. The van der Waals surface area contributed by atoms with Gasteiger partial charge in [0.2, 0.25) is 14.7 Å². The van der Waals surface area contributed by atoms with Crippen molar-refractivity contribution in [3.8, 4) is 34.8 Å². The number of alkyl carbamates (subject to hydrolysis) is 2. The molecule has 2 heterocycles. The highest BCUT2D eigenvalue weighted by Crippen LogP contribution is 2.41. The topological polar surface area (TPSA) is 214 Å². The molecule has 20 heteroatoms. The number of hydrogen-bond donors (Lipinski definition) is 4. The van der Waals surface area contributed by atoms with Gasteiger partial charge in [-0.25, -0.2) is 19.6 Å². The minimum atomic E-state index is -3.08. The van der Waals surface area contributed by atoms with Gasteiger partial charge in [-0.15, -0.1) is 5.54 Å². The molecule has 400 valence electrons. The summed E-state index contributed by atoms with van der Waals surface area (Å²) in [4.78, 5) is 31.4. The monoisotopic (exact) mass is 1130 g/mol. The van der Waals surface area contributed by atoms with E-state index in [1.165, 1.54) is 13.3 Å². The molecule has 0 saturated carbocycles. The van der Waals surface area contributed by atoms with Crippen LogP contribution < -0.4 is 31.0 Å². The number of nitrogens with one attached hydrogen (secondary N) is 2. The van der Waals surface area contributed by atoms with E-state index >= 15 is 0 Å². The van der Waals surface area contributed by atoms with Crippen LogP contribution in [0.5, 0.6) is 11.5 Å². The predicted molar refractivity (Wildman–Crippen MR) is 295 cm³/mol. The van der Waals surface area contributed by atoms with E-state index < -0.39 is 46.2 Å². The van der Waals surface area contributed by atoms with Crippen molar-refractivity contribution in [2.24, 2.45) is 0 Å². The Morgan fingerprint density at radius 1 is 0.630 bits per heavy atom. The third kappa shape index (κ3) is 28.3. The highest BCUT2D eigenvalue weighted by molar-refractivity contribution is 9.10. The number of amides is 2. The van der Waals surface area contributed by atoms with Crippen molar-refractivity contribution in [1.82, 2.24) is 20.6 Å². The number of nitrogens with zero attached hydrogens (tertiary/aromatic N) is 2. The van der Waals surface area contributed by atoms with E-state index in [2.05, 4.69) is 79.5 Å². The van der Waals surface area contributed by atoms with Crippen LogP contribution in [-0.2, 0) is 40.9 Å². The van der Waals surface area contributed by atoms with Gasteiger partial charge in [-0.3, -0.25) is 9.13 Å². The van der Waals surface area contributed by atoms with Gasteiger partial charge in [0, 0.05) is 47.6 Å². The summed E-state index contributed by atoms with van der Waals surface area (Å²) in [7, 11) is -7.29. The molecular weight excluding hydrogens is 1050 g/mol. The van der Waals surface area contributed by atoms with Crippen molar-refractivity contribution in [2.75, 3.05) is 52.8 Å². The Bertz CT molecular complexity index is 2590. The van der Waals surface area contributed by atoms with Gasteiger partial charge in [0.1, 0.15) is 41.6 Å². The highest BCUT2D eigenvalue weighted by atomic mass is 79.9. The fourth-order valence-electron chi connectivity index (χ4n) is 5.59. The smallest absolute Gasteiger partial charge is 0.407 e. The summed E-state index contributed by atoms with van der Waals surface area (Å²) >= 11 is 3.27. The Balaban J connectivity index is 0.000000406. The second-order valence-corrected chi connectivity index (χ2v) is 29.7. The Hall–Kier alpha value is -5.00. The summed E-state index contributed by atoms with van der Waals surface area (Å²) in [5.41, 5.74) is 6.24. The molecule has 0 radical (unpaired) electrons. The van der Waals surface area contributed by atoms with E-state index in [0.29, 0.717) is 74.1 Å². The van der Waals surface area contributed by atoms with Crippen molar-refractivity contribution in [3.63, 3.8) is 0 Å². The van der Waals surface area contributed by atoms with Gasteiger partial charge in [-0.05, 0) is 141 Å². The SMILES string of the molecule is CC(C)(C)OC(=O)NCCCOc1ccc(C#C[Si](C)(C)C)cc1.CCOP(C)(=O)c1cc(Br)cc(CO)n1.CCOP(C)(=O)c1cc(C#Cc2ccc(OCCCNC(=O)OC(C)(C)C)cc2)cc(CO)n1. The predicted octanol–water partition coefficient (Wildman–Crippen LogP) is 9.95. The fourth-order valence-corrected chi connectivity index (χ4v) is 9.38. The first-order valence-electron chi connectivity index (χ1n) is 23.9. The first-order valence-corrected chi connectivity index (χ1v) is 32.3. The van der Waals surface area contributed by atoms with Gasteiger partial charge in [0.05, 0.1) is 51.0 Å². The lowest BCUT2D eigenvalue weighted by atomic mass is 10.2. The Morgan fingerprint density at radius 2 is 1.03 bits per heavy atom. The molecule has 4 N–H and O–H groups in total. The summed E-state index contributed by atoms with van der Waals surface area (Å²) < 4.78 is 57.7. The number of carbonyl (C=O) groups excluding carboxylic acids is 2. The molecule has 0 aliphatic heterocycles. The second-order valence-electron chi connectivity index (χ2n) is 19.2. The molecule has 16 nitrogen and oxygen atoms in total. The number of aliphatic hydroxyl groups excluding tert-OH is 2. The third-order valence-electron chi connectivity index (χ3n) is 8.76. The van der Waals surface area contributed by atoms with Crippen LogP contribution in [0.2, 0.25) is 19.6 Å². The number of halogens is 1. The maximum absolute atomic E-state index is 12.7. The lowest BCUT2D eigenvalue weighted by Gasteiger charge is -2.19. The second kappa shape index (κ2) is 31.0. The average Bonchev–Trinajstić information content (AvgIpc) is 3.29. The van der Waals surface area contributed by atoms with E-state index in [1.807, 2.05) is 90.1 Å². The minimum Gasteiger partial charge on any atom is -0.494 e. The average molecular weight is 1130 g/mol. The molecule has 2 aromatic heterocycles. The van der Waals surface area contributed by atoms with Gasteiger partial charge in [-0.1, -0.05) is 53.3 Å². The number of aliphatic hydroxyl groups is 2. The molecule has 0 aliphatic carbocycles. The van der Waals surface area contributed by atoms with Crippen LogP contribution in [0.15, 0.2) is 77.3 Å². The van der Waals surface area contributed by atoms with Crippen molar-refractivity contribution >= 4 is 61.8 Å². The standard InChI is InChI=1S/C25H33N2O6P.C19H29NO3Si.C9H13BrNO3P/c1-6-32-34(5,30)23-17-20(16-21(18-28)27-23)9-8-19-10-12-22(13-11-19)31-15-7-14-26-24(29)33-25(2,3)4;1-19(2,3)23-18(21)20-13-7-14-22-17-10-8-16(9-11-17)12-15-24(4,5)6;1-3-14-15(2,13)9-5-7(10)4-8(6-12)11-9/h10-13,16-17,28H,6-7,14-15,18H2,1-5H3,(H,26,29);8-11H,7,13-14H2,1-6H3,(H,20,21);4-5,12H,3,6H2,1-2H3. The molecule has 0 spiro atoms. The third-order valence-corrected chi connectivity index (χ3v) is 13.7. The molecule has 4 aromatic rings. The highest BCUT2D eigenvalue weighted by Gasteiger charge is 2.23. The van der Waals surface area contributed by atoms with Crippen molar-refractivity contribution < 1.29 is 56.9 Å². The summed E-state index contributed by atoms with van der Waals surface area (Å²) in [6.07, 6.45) is 0.521. The molecular formula is C53H75BrN4O12P2Si. The Morgan fingerprint density at radius 3 is 1.42 bits per heavy atom. The summed E-state index contributed by atoms with van der Waals surface area (Å²) in [5, 5.41) is 23.9. The summed E-state index contributed by atoms with van der Waals surface area (Å²) in [5.74, 6) is 10.8. The number of ether oxygens (including phenoxy) is 4. The molecule has 2 aromatic carbocycles. The molecule has 0 fully saturated rings. The van der Waals surface area contributed by atoms with Crippen LogP contribution in [0.4, 0.5) is 9.59 Å². The fraction of sp³-hybridized carbons (Fsp3) is 0.472. The van der Waals surface area contributed by atoms with Crippen molar-refractivity contribution in [3.05, 3.63) is 105 Å². The lowest BCUT2D eigenvalue weighted by molar-refractivity contribution is 0.0513. The van der Waals surface area contributed by atoms with Gasteiger partial charge in [-0.2, -0.15) is 0 Å². The van der Waals surface area contributed by atoms with E-state index in [-0.39, 0.29) is 18.6 Å².